The Hall–Kier alpha value is -2.73. The smallest absolute Gasteiger partial charge is 0.251 e. The van der Waals surface area contributed by atoms with E-state index in [0.717, 1.165) is 24.0 Å². The number of carbonyl (C=O) groups is 2. The summed E-state index contributed by atoms with van der Waals surface area (Å²) < 4.78 is 0. The maximum Gasteiger partial charge on any atom is 0.251 e. The molecule has 0 aliphatic rings. The van der Waals surface area contributed by atoms with Crippen LogP contribution in [0.2, 0.25) is 0 Å². The summed E-state index contributed by atoms with van der Waals surface area (Å²) in [5, 5.41) is 5.81. The molecule has 2 aromatic rings. The topological polar surface area (TPSA) is 74.3 Å². The molecule has 2 amide bonds. The van der Waals surface area contributed by atoms with Crippen LogP contribution in [-0.4, -0.2) is 55.4 Å². The Morgan fingerprint density at radius 1 is 1.16 bits per heavy atom. The van der Waals surface area contributed by atoms with Crippen molar-refractivity contribution in [3.8, 4) is 0 Å². The summed E-state index contributed by atoms with van der Waals surface area (Å²) in [5.74, 6) is 0.656. The fourth-order valence-electron chi connectivity index (χ4n) is 3.95. The number of nitrogens with zero attached hydrogens (tertiary/aromatic N) is 2. The first-order valence-corrected chi connectivity index (χ1v) is 11.4. The summed E-state index contributed by atoms with van der Waals surface area (Å²) in [6.45, 7) is 6.96. The second kappa shape index (κ2) is 12.3. The molecular weight excluding hydrogens is 400 g/mol. The molecule has 0 saturated heterocycles. The van der Waals surface area contributed by atoms with Crippen molar-refractivity contribution in [3.63, 3.8) is 0 Å². The van der Waals surface area contributed by atoms with Gasteiger partial charge in [0.15, 0.2) is 0 Å². The lowest BCUT2D eigenvalue weighted by Gasteiger charge is -2.26. The van der Waals surface area contributed by atoms with Gasteiger partial charge in [-0.1, -0.05) is 26.0 Å². The molecule has 0 spiro atoms. The van der Waals surface area contributed by atoms with Gasteiger partial charge >= 0.3 is 0 Å². The molecule has 0 unspecified atom stereocenters. The average molecular weight is 439 g/mol. The van der Waals surface area contributed by atoms with Gasteiger partial charge in [0.05, 0.1) is 0 Å². The maximum atomic E-state index is 12.8. The highest BCUT2D eigenvalue weighted by molar-refractivity contribution is 5.94. The van der Waals surface area contributed by atoms with Gasteiger partial charge in [-0.15, -0.1) is 0 Å². The Kier molecular flexibility index (Phi) is 9.85. The Balaban J connectivity index is 2.01. The number of hydrogen-bond acceptors (Lipinski definition) is 4. The molecule has 2 atom stereocenters. The Labute approximate surface area is 192 Å². The van der Waals surface area contributed by atoms with Crippen molar-refractivity contribution in [3.05, 3.63) is 65.0 Å². The number of carbonyl (C=O) groups excluding carboxylic acids is 2. The van der Waals surface area contributed by atoms with Crippen LogP contribution in [0.15, 0.2) is 42.7 Å². The van der Waals surface area contributed by atoms with Crippen LogP contribution in [0.1, 0.15) is 59.7 Å². The molecule has 0 aliphatic heterocycles. The van der Waals surface area contributed by atoms with Gasteiger partial charge in [-0.3, -0.25) is 14.6 Å². The molecule has 174 valence electrons. The van der Waals surface area contributed by atoms with E-state index in [-0.39, 0.29) is 23.8 Å². The quantitative estimate of drug-likeness (QED) is 0.563. The molecule has 0 saturated carbocycles. The highest BCUT2D eigenvalue weighted by Gasteiger charge is 2.20. The highest BCUT2D eigenvalue weighted by Crippen LogP contribution is 2.26. The molecule has 0 aliphatic carbocycles. The molecule has 0 fully saturated rings. The van der Waals surface area contributed by atoms with Gasteiger partial charge in [-0.2, -0.15) is 0 Å². The number of aromatic nitrogens is 1. The van der Waals surface area contributed by atoms with E-state index in [9.17, 15) is 9.59 Å². The largest absolute Gasteiger partial charge is 0.355 e. The third-order valence-electron chi connectivity index (χ3n) is 5.90. The van der Waals surface area contributed by atoms with E-state index in [1.54, 1.807) is 13.2 Å². The van der Waals surface area contributed by atoms with Gasteiger partial charge in [0.1, 0.15) is 0 Å². The van der Waals surface area contributed by atoms with Gasteiger partial charge in [-0.25, -0.2) is 0 Å². The minimum Gasteiger partial charge on any atom is -0.355 e. The third kappa shape index (κ3) is 7.75. The number of likely N-dealkylation sites (N-methyl/N-ethyl adjacent to an activating group) is 1. The molecule has 0 bridgehead atoms. The van der Waals surface area contributed by atoms with E-state index in [1.807, 2.05) is 51.5 Å². The summed E-state index contributed by atoms with van der Waals surface area (Å²) in [5.41, 5.74) is 4.04. The molecule has 2 N–H and O–H groups in total. The lowest BCUT2D eigenvalue weighted by molar-refractivity contribution is -0.121. The van der Waals surface area contributed by atoms with Crippen molar-refractivity contribution in [2.45, 2.75) is 52.0 Å². The molecule has 0 radical (unpaired) electrons. The van der Waals surface area contributed by atoms with Crippen LogP contribution in [-0.2, 0) is 11.2 Å². The molecule has 6 nitrogen and oxygen atoms in total. The van der Waals surface area contributed by atoms with Crippen LogP contribution in [0.3, 0.4) is 0 Å². The molecule has 32 heavy (non-hydrogen) atoms. The lowest BCUT2D eigenvalue weighted by Crippen LogP contribution is -2.42. The molecule has 2 rings (SSSR count). The van der Waals surface area contributed by atoms with Gasteiger partial charge in [0.2, 0.25) is 5.91 Å². The summed E-state index contributed by atoms with van der Waals surface area (Å²) in [6.07, 6.45) is 5.84. The molecule has 1 heterocycles. The number of hydrogen-bond donors (Lipinski definition) is 2. The zero-order chi connectivity index (χ0) is 23.7. The fraction of sp³-hybridized carbons (Fsp3) is 0.500. The van der Waals surface area contributed by atoms with E-state index < -0.39 is 0 Å². The second-order valence-electron chi connectivity index (χ2n) is 9.16. The van der Waals surface area contributed by atoms with Crippen LogP contribution < -0.4 is 10.6 Å². The van der Waals surface area contributed by atoms with Crippen LogP contribution in [0.5, 0.6) is 0 Å². The number of benzene rings is 1. The van der Waals surface area contributed by atoms with E-state index in [1.165, 1.54) is 5.56 Å². The van der Waals surface area contributed by atoms with E-state index in [4.69, 9.17) is 0 Å². The van der Waals surface area contributed by atoms with Gasteiger partial charge in [0.25, 0.3) is 5.91 Å². The fourth-order valence-corrected chi connectivity index (χ4v) is 3.95. The van der Waals surface area contributed by atoms with E-state index in [0.29, 0.717) is 24.4 Å². The molecule has 1 aromatic heterocycles. The Morgan fingerprint density at radius 2 is 1.91 bits per heavy atom. The van der Waals surface area contributed by atoms with Crippen LogP contribution in [0.25, 0.3) is 0 Å². The predicted octanol–water partition coefficient (Wildman–Crippen LogP) is 3.56. The summed E-state index contributed by atoms with van der Waals surface area (Å²) >= 11 is 0. The second-order valence-corrected chi connectivity index (χ2v) is 9.16. The summed E-state index contributed by atoms with van der Waals surface area (Å²) in [7, 11) is 5.70. The molecular formula is C26H38N4O2. The van der Waals surface area contributed by atoms with Crippen molar-refractivity contribution >= 4 is 11.8 Å². The highest BCUT2D eigenvalue weighted by atomic mass is 16.2. The van der Waals surface area contributed by atoms with Crippen LogP contribution in [0.4, 0.5) is 0 Å². The number of rotatable bonds is 11. The van der Waals surface area contributed by atoms with Gasteiger partial charge in [0, 0.05) is 44.0 Å². The average Bonchev–Trinajstić information content (AvgIpc) is 2.76. The standard InChI is InChI=1S/C26H38N4O2/c1-18(2)12-23(22-8-7-11-28-16-22)15-25(31)29-17-24(30(5)6)14-20-9-10-21(13-19(20)3)26(32)27-4/h7-11,13,16,18,23-24H,12,14-15,17H2,1-6H3,(H,27,32)(H,29,31)/t23-,24+/m1/s1. The van der Waals surface area contributed by atoms with Crippen LogP contribution >= 0.6 is 0 Å². The van der Waals surface area contributed by atoms with Crippen molar-refractivity contribution < 1.29 is 9.59 Å². The number of aryl methyl sites for hydroxylation is 1. The van der Waals surface area contributed by atoms with Crippen molar-refractivity contribution in [2.75, 3.05) is 27.7 Å². The zero-order valence-electron chi connectivity index (χ0n) is 20.3. The summed E-state index contributed by atoms with van der Waals surface area (Å²) in [6, 6.07) is 9.94. The minimum absolute atomic E-state index is 0.0676. The number of nitrogens with one attached hydrogen (secondary N) is 2. The summed E-state index contributed by atoms with van der Waals surface area (Å²) in [4.78, 5) is 31.1. The van der Waals surface area contributed by atoms with Crippen LogP contribution in [0, 0.1) is 12.8 Å². The van der Waals surface area contributed by atoms with Crippen molar-refractivity contribution in [1.82, 2.24) is 20.5 Å². The minimum atomic E-state index is -0.0827. The maximum absolute atomic E-state index is 12.8. The predicted molar refractivity (Wildman–Crippen MR) is 130 cm³/mol. The molecule has 6 heteroatoms. The lowest BCUT2D eigenvalue weighted by atomic mass is 9.88. The first-order valence-electron chi connectivity index (χ1n) is 11.4. The Morgan fingerprint density at radius 3 is 2.47 bits per heavy atom. The Bertz CT molecular complexity index is 881. The van der Waals surface area contributed by atoms with Gasteiger partial charge in [-0.05, 0) is 80.6 Å². The monoisotopic (exact) mass is 438 g/mol. The first-order chi connectivity index (χ1) is 15.2. The number of pyridine rings is 1. The zero-order valence-corrected chi connectivity index (χ0v) is 20.3. The van der Waals surface area contributed by atoms with E-state index in [2.05, 4.69) is 40.4 Å². The third-order valence-corrected chi connectivity index (χ3v) is 5.90. The number of amides is 2. The van der Waals surface area contributed by atoms with Gasteiger partial charge < -0.3 is 15.5 Å². The SMILES string of the molecule is CNC(=O)c1ccc(C[C@@H](CNC(=O)C[C@@H](CC(C)C)c2cccnc2)N(C)C)c(C)c1. The van der Waals surface area contributed by atoms with E-state index >= 15 is 0 Å². The molecule has 1 aromatic carbocycles. The first kappa shape index (κ1) is 25.5. The van der Waals surface area contributed by atoms with Crippen molar-refractivity contribution in [2.24, 2.45) is 5.92 Å². The normalized spacial score (nSPS) is 13.1. The van der Waals surface area contributed by atoms with Crippen molar-refractivity contribution in [1.29, 1.82) is 0 Å².